The van der Waals surface area contributed by atoms with Crippen molar-refractivity contribution in [3.05, 3.63) is 24.0 Å². The van der Waals surface area contributed by atoms with E-state index in [1.807, 2.05) is 0 Å². The second kappa shape index (κ2) is 6.45. The minimum Gasteiger partial charge on any atom is -0.494 e. The SMILES string of the molecule is CCC1C=CC=C(O[C@@H](C)CNI)C1. The second-order valence-corrected chi connectivity index (χ2v) is 4.42. The van der Waals surface area contributed by atoms with Gasteiger partial charge in [0.1, 0.15) is 6.10 Å². The van der Waals surface area contributed by atoms with Gasteiger partial charge in [0.2, 0.25) is 0 Å². The largest absolute Gasteiger partial charge is 0.494 e. The second-order valence-electron chi connectivity index (χ2n) is 3.66. The van der Waals surface area contributed by atoms with Crippen LogP contribution < -0.4 is 3.53 Å². The van der Waals surface area contributed by atoms with Crippen molar-refractivity contribution in [2.75, 3.05) is 6.54 Å². The van der Waals surface area contributed by atoms with Crippen LogP contribution >= 0.6 is 22.9 Å². The maximum Gasteiger partial charge on any atom is 0.109 e. The van der Waals surface area contributed by atoms with Crippen LogP contribution in [0.25, 0.3) is 0 Å². The summed E-state index contributed by atoms with van der Waals surface area (Å²) >= 11 is 2.14. The number of allylic oxidation sites excluding steroid dienone is 4. The first-order valence-corrected chi connectivity index (χ1v) is 6.21. The van der Waals surface area contributed by atoms with Crippen LogP contribution in [0.4, 0.5) is 0 Å². The summed E-state index contributed by atoms with van der Waals surface area (Å²) in [6, 6.07) is 0. The zero-order valence-corrected chi connectivity index (χ0v) is 11.0. The quantitative estimate of drug-likeness (QED) is 0.622. The highest BCUT2D eigenvalue weighted by Crippen LogP contribution is 2.22. The number of rotatable bonds is 5. The number of ether oxygens (including phenoxy) is 1. The van der Waals surface area contributed by atoms with Crippen molar-refractivity contribution in [2.45, 2.75) is 32.8 Å². The summed E-state index contributed by atoms with van der Waals surface area (Å²) < 4.78 is 8.89. The van der Waals surface area contributed by atoms with Crippen molar-refractivity contribution in [3.63, 3.8) is 0 Å². The van der Waals surface area contributed by atoms with Gasteiger partial charge in [-0.3, -0.25) is 3.53 Å². The molecule has 0 fully saturated rings. The summed E-state index contributed by atoms with van der Waals surface area (Å²) in [5.74, 6) is 1.79. The van der Waals surface area contributed by atoms with E-state index in [1.165, 1.54) is 6.42 Å². The fourth-order valence-electron chi connectivity index (χ4n) is 1.49. The molecule has 1 N–H and O–H groups in total. The maximum absolute atomic E-state index is 5.81. The Morgan fingerprint density at radius 2 is 2.50 bits per heavy atom. The Labute approximate surface area is 100 Å². The molecule has 3 heteroatoms. The van der Waals surface area contributed by atoms with Gasteiger partial charge in [-0.2, -0.15) is 0 Å². The number of hydrogen-bond acceptors (Lipinski definition) is 2. The minimum atomic E-state index is 0.252. The van der Waals surface area contributed by atoms with E-state index in [1.54, 1.807) is 0 Å². The Morgan fingerprint density at radius 3 is 3.14 bits per heavy atom. The lowest BCUT2D eigenvalue weighted by atomic mass is 9.97. The van der Waals surface area contributed by atoms with E-state index in [0.717, 1.165) is 18.7 Å². The van der Waals surface area contributed by atoms with Gasteiger partial charge in [0.05, 0.1) is 5.76 Å². The highest BCUT2D eigenvalue weighted by atomic mass is 127. The fourth-order valence-corrected chi connectivity index (χ4v) is 2.11. The number of hydrogen-bond donors (Lipinski definition) is 1. The lowest BCUT2D eigenvalue weighted by Gasteiger charge is -2.21. The van der Waals surface area contributed by atoms with E-state index in [4.69, 9.17) is 4.74 Å². The summed E-state index contributed by atoms with van der Waals surface area (Å²) in [7, 11) is 0. The van der Waals surface area contributed by atoms with Gasteiger partial charge in [-0.1, -0.05) is 19.1 Å². The monoisotopic (exact) mass is 307 g/mol. The zero-order valence-electron chi connectivity index (χ0n) is 8.79. The van der Waals surface area contributed by atoms with Crippen LogP contribution in [0.2, 0.25) is 0 Å². The van der Waals surface area contributed by atoms with Gasteiger partial charge in [0, 0.05) is 35.8 Å². The summed E-state index contributed by atoms with van der Waals surface area (Å²) in [6.45, 7) is 5.19. The molecule has 0 saturated heterocycles. The molecule has 0 aliphatic heterocycles. The summed E-state index contributed by atoms with van der Waals surface area (Å²) in [5, 5.41) is 0. The average Bonchev–Trinajstić information content (AvgIpc) is 2.18. The summed E-state index contributed by atoms with van der Waals surface area (Å²) in [5.41, 5.74) is 0. The molecule has 1 rings (SSSR count). The van der Waals surface area contributed by atoms with Crippen LogP contribution in [0.5, 0.6) is 0 Å². The maximum atomic E-state index is 5.81. The van der Waals surface area contributed by atoms with E-state index < -0.39 is 0 Å². The van der Waals surface area contributed by atoms with Gasteiger partial charge in [0.25, 0.3) is 0 Å². The molecule has 0 saturated carbocycles. The van der Waals surface area contributed by atoms with Gasteiger partial charge in [-0.25, -0.2) is 0 Å². The van der Waals surface area contributed by atoms with Gasteiger partial charge in [-0.05, 0) is 25.3 Å². The van der Waals surface area contributed by atoms with E-state index >= 15 is 0 Å². The molecule has 1 aliphatic carbocycles. The van der Waals surface area contributed by atoms with Crippen molar-refractivity contribution in [1.29, 1.82) is 0 Å². The molecule has 0 radical (unpaired) electrons. The predicted molar refractivity (Wildman–Crippen MR) is 68.2 cm³/mol. The van der Waals surface area contributed by atoms with E-state index in [-0.39, 0.29) is 6.10 Å². The van der Waals surface area contributed by atoms with Crippen molar-refractivity contribution < 1.29 is 4.74 Å². The topological polar surface area (TPSA) is 21.3 Å². The predicted octanol–water partition coefficient (Wildman–Crippen LogP) is 3.20. The van der Waals surface area contributed by atoms with E-state index in [0.29, 0.717) is 5.92 Å². The summed E-state index contributed by atoms with van der Waals surface area (Å²) in [6.07, 6.45) is 8.94. The highest BCUT2D eigenvalue weighted by Gasteiger charge is 2.12. The molecule has 0 bridgehead atoms. The first kappa shape index (κ1) is 12.0. The third-order valence-electron chi connectivity index (χ3n) is 2.37. The fraction of sp³-hybridized carbons (Fsp3) is 0.636. The first-order chi connectivity index (χ1) is 6.76. The van der Waals surface area contributed by atoms with Crippen LogP contribution in [0, 0.1) is 5.92 Å². The van der Waals surface area contributed by atoms with Gasteiger partial charge < -0.3 is 4.74 Å². The average molecular weight is 307 g/mol. The Bertz CT molecular complexity index is 225. The molecule has 0 aromatic carbocycles. The molecule has 1 aliphatic rings. The molecule has 0 aromatic heterocycles. The number of halogens is 1. The lowest BCUT2D eigenvalue weighted by molar-refractivity contribution is 0.124. The molecule has 0 aromatic rings. The molecule has 14 heavy (non-hydrogen) atoms. The first-order valence-electron chi connectivity index (χ1n) is 5.13. The Kier molecular flexibility index (Phi) is 5.55. The minimum absolute atomic E-state index is 0.252. The van der Waals surface area contributed by atoms with E-state index in [2.05, 4.69) is 58.5 Å². The van der Waals surface area contributed by atoms with Crippen LogP contribution in [-0.4, -0.2) is 12.6 Å². The van der Waals surface area contributed by atoms with Crippen LogP contribution in [0.3, 0.4) is 0 Å². The Morgan fingerprint density at radius 1 is 1.71 bits per heavy atom. The Hall–Kier alpha value is -0.0300. The van der Waals surface area contributed by atoms with Crippen LogP contribution in [0.15, 0.2) is 24.0 Å². The van der Waals surface area contributed by atoms with Crippen molar-refractivity contribution in [2.24, 2.45) is 5.92 Å². The third-order valence-corrected chi connectivity index (χ3v) is 2.81. The van der Waals surface area contributed by atoms with Crippen molar-refractivity contribution in [3.8, 4) is 0 Å². The molecule has 0 amide bonds. The number of nitrogens with one attached hydrogen (secondary N) is 1. The molecule has 2 nitrogen and oxygen atoms in total. The zero-order chi connectivity index (χ0) is 10.4. The van der Waals surface area contributed by atoms with Crippen molar-refractivity contribution >= 4 is 22.9 Å². The molecular weight excluding hydrogens is 289 g/mol. The molecular formula is C11H18INO. The third kappa shape index (κ3) is 4.00. The normalized spacial score (nSPS) is 23.1. The standard InChI is InChI=1S/C11H18INO/c1-3-10-5-4-6-11(7-10)14-9(2)8-13-12/h4-6,9-10,13H,3,7-8H2,1-2H3/t9-,10?/m0/s1. The smallest absolute Gasteiger partial charge is 0.109 e. The molecule has 0 heterocycles. The van der Waals surface area contributed by atoms with Crippen LogP contribution in [-0.2, 0) is 4.74 Å². The highest BCUT2D eigenvalue weighted by molar-refractivity contribution is 14.1. The van der Waals surface area contributed by atoms with Crippen LogP contribution in [0.1, 0.15) is 26.7 Å². The molecule has 80 valence electrons. The van der Waals surface area contributed by atoms with Gasteiger partial charge in [0.15, 0.2) is 0 Å². The molecule has 1 unspecified atom stereocenters. The van der Waals surface area contributed by atoms with E-state index in [9.17, 15) is 0 Å². The Balaban J connectivity index is 2.38. The molecule has 2 atom stereocenters. The van der Waals surface area contributed by atoms with Gasteiger partial charge >= 0.3 is 0 Å². The summed E-state index contributed by atoms with van der Waals surface area (Å²) in [4.78, 5) is 0. The lowest BCUT2D eigenvalue weighted by Crippen LogP contribution is -2.21. The van der Waals surface area contributed by atoms with Gasteiger partial charge in [-0.15, -0.1) is 0 Å². The van der Waals surface area contributed by atoms with Crippen molar-refractivity contribution in [1.82, 2.24) is 3.53 Å². The molecule has 0 spiro atoms.